The maximum atomic E-state index is 10.6. The van der Waals surface area contributed by atoms with Crippen molar-refractivity contribution in [1.82, 2.24) is 0 Å². The number of benzene rings is 1. The molecule has 1 rings (SSSR count). The molecule has 0 saturated heterocycles. The van der Waals surface area contributed by atoms with Crippen LogP contribution in [0.5, 0.6) is 0 Å². The lowest BCUT2D eigenvalue weighted by molar-refractivity contribution is 0.0696. The van der Waals surface area contributed by atoms with Gasteiger partial charge in [0.05, 0.1) is 5.56 Å². The van der Waals surface area contributed by atoms with Gasteiger partial charge in [0.2, 0.25) is 0 Å². The second-order valence-electron chi connectivity index (χ2n) is 2.29. The largest absolute Gasteiger partial charge is 0.478 e. The molecule has 61 valence electrons. The van der Waals surface area contributed by atoms with E-state index < -0.39 is 5.97 Å². The van der Waals surface area contributed by atoms with Crippen LogP contribution in [-0.4, -0.2) is 11.1 Å². The van der Waals surface area contributed by atoms with Gasteiger partial charge in [-0.25, -0.2) is 4.79 Å². The van der Waals surface area contributed by atoms with Crippen LogP contribution >= 0.6 is 0 Å². The first-order chi connectivity index (χ1) is 5.75. The lowest BCUT2D eigenvalue weighted by atomic mass is 10.1. The fourth-order valence-electron chi connectivity index (χ4n) is 0.964. The molecule has 0 aliphatic rings. The first kappa shape index (κ1) is 8.53. The molecule has 0 heterocycles. The van der Waals surface area contributed by atoms with Crippen molar-refractivity contribution in [2.45, 2.75) is 0 Å². The Balaban J connectivity index is 3.07. The van der Waals surface area contributed by atoms with Gasteiger partial charge in [-0.05, 0) is 11.6 Å². The topological polar surface area (TPSA) is 37.3 Å². The van der Waals surface area contributed by atoms with Crippen LogP contribution in [0.4, 0.5) is 0 Å². The highest BCUT2D eigenvalue weighted by molar-refractivity contribution is 5.90. The maximum absolute atomic E-state index is 10.6. The van der Waals surface area contributed by atoms with E-state index in [0.717, 1.165) is 0 Å². The molecule has 0 saturated carbocycles. The van der Waals surface area contributed by atoms with E-state index in [1.54, 1.807) is 36.8 Å². The molecule has 0 spiro atoms. The van der Waals surface area contributed by atoms with Gasteiger partial charge in [0.1, 0.15) is 0 Å². The summed E-state index contributed by atoms with van der Waals surface area (Å²) in [5, 5.41) is 8.74. The van der Waals surface area contributed by atoms with Gasteiger partial charge in [0, 0.05) is 6.42 Å². The molecular formula is C10H9O2. The number of carbonyl (C=O) groups is 1. The van der Waals surface area contributed by atoms with E-state index in [1.807, 2.05) is 0 Å². The van der Waals surface area contributed by atoms with Gasteiger partial charge < -0.3 is 5.11 Å². The summed E-state index contributed by atoms with van der Waals surface area (Å²) >= 11 is 0. The molecule has 0 aliphatic heterocycles. The second-order valence-corrected chi connectivity index (χ2v) is 2.29. The van der Waals surface area contributed by atoms with Crippen molar-refractivity contribution in [2.24, 2.45) is 0 Å². The van der Waals surface area contributed by atoms with Gasteiger partial charge in [-0.15, -0.1) is 6.58 Å². The van der Waals surface area contributed by atoms with Crippen LogP contribution in [0.2, 0.25) is 0 Å². The molecule has 0 amide bonds. The summed E-state index contributed by atoms with van der Waals surface area (Å²) in [7, 11) is 0. The Bertz CT molecular complexity index is 302. The zero-order valence-electron chi connectivity index (χ0n) is 6.53. The van der Waals surface area contributed by atoms with Gasteiger partial charge in [-0.1, -0.05) is 24.3 Å². The van der Waals surface area contributed by atoms with E-state index in [9.17, 15) is 4.79 Å². The summed E-state index contributed by atoms with van der Waals surface area (Å²) in [5.41, 5.74) is 0.984. The normalized spacial score (nSPS) is 9.33. The van der Waals surface area contributed by atoms with Crippen LogP contribution in [0, 0.1) is 6.42 Å². The Kier molecular flexibility index (Phi) is 2.64. The second kappa shape index (κ2) is 3.72. The third-order valence-electron chi connectivity index (χ3n) is 1.49. The molecule has 0 aromatic heterocycles. The molecule has 0 bridgehead atoms. The Morgan fingerprint density at radius 2 is 2.08 bits per heavy atom. The number of hydrogen-bond acceptors (Lipinski definition) is 1. The van der Waals surface area contributed by atoms with Gasteiger partial charge in [-0.3, -0.25) is 0 Å². The van der Waals surface area contributed by atoms with Crippen LogP contribution in [0.25, 0.3) is 0 Å². The average molecular weight is 161 g/mol. The molecular weight excluding hydrogens is 152 g/mol. The molecule has 0 unspecified atom stereocenters. The Morgan fingerprint density at radius 3 is 2.67 bits per heavy atom. The summed E-state index contributed by atoms with van der Waals surface area (Å²) in [6.45, 7) is 3.51. The Morgan fingerprint density at radius 1 is 1.42 bits per heavy atom. The number of aromatic carboxylic acids is 1. The molecule has 0 atom stereocenters. The molecule has 1 aromatic carbocycles. The number of hydrogen-bond donors (Lipinski definition) is 1. The van der Waals surface area contributed by atoms with Crippen LogP contribution in [0.3, 0.4) is 0 Å². The molecule has 2 heteroatoms. The van der Waals surface area contributed by atoms with E-state index in [0.29, 0.717) is 11.1 Å². The molecule has 12 heavy (non-hydrogen) atoms. The SMILES string of the molecule is C=C[CH]c1ccccc1C(=O)O. The van der Waals surface area contributed by atoms with Crippen molar-refractivity contribution < 1.29 is 9.90 Å². The van der Waals surface area contributed by atoms with E-state index in [2.05, 4.69) is 6.58 Å². The first-order valence-corrected chi connectivity index (χ1v) is 3.54. The smallest absolute Gasteiger partial charge is 0.335 e. The molecule has 1 N–H and O–H groups in total. The standard InChI is InChI=1S/C10H9O2/c1-2-5-8-6-3-4-7-9(8)10(11)12/h2-7H,1H2,(H,11,12). The Labute approximate surface area is 71.2 Å². The minimum Gasteiger partial charge on any atom is -0.478 e. The average Bonchev–Trinajstić information content (AvgIpc) is 2.05. The third-order valence-corrected chi connectivity index (χ3v) is 1.49. The van der Waals surface area contributed by atoms with Gasteiger partial charge in [0.15, 0.2) is 0 Å². The lowest BCUT2D eigenvalue weighted by Gasteiger charge is -2.00. The number of rotatable bonds is 3. The van der Waals surface area contributed by atoms with Gasteiger partial charge in [-0.2, -0.15) is 0 Å². The van der Waals surface area contributed by atoms with Gasteiger partial charge >= 0.3 is 5.97 Å². The predicted octanol–water partition coefficient (Wildman–Crippen LogP) is 2.12. The molecule has 0 fully saturated rings. The van der Waals surface area contributed by atoms with Crippen LogP contribution in [0.1, 0.15) is 15.9 Å². The van der Waals surface area contributed by atoms with Crippen molar-refractivity contribution in [3.63, 3.8) is 0 Å². The van der Waals surface area contributed by atoms with Crippen molar-refractivity contribution >= 4 is 5.97 Å². The first-order valence-electron chi connectivity index (χ1n) is 3.54. The lowest BCUT2D eigenvalue weighted by Crippen LogP contribution is -1.99. The highest BCUT2D eigenvalue weighted by Gasteiger charge is 2.06. The third kappa shape index (κ3) is 1.72. The van der Waals surface area contributed by atoms with Crippen LogP contribution in [0.15, 0.2) is 36.9 Å². The van der Waals surface area contributed by atoms with Gasteiger partial charge in [0.25, 0.3) is 0 Å². The van der Waals surface area contributed by atoms with Crippen molar-refractivity contribution in [3.8, 4) is 0 Å². The highest BCUT2D eigenvalue weighted by atomic mass is 16.4. The van der Waals surface area contributed by atoms with Crippen molar-refractivity contribution in [3.05, 3.63) is 54.5 Å². The number of carboxylic acid groups (broad SMARTS) is 1. The van der Waals surface area contributed by atoms with Crippen molar-refractivity contribution in [2.75, 3.05) is 0 Å². The summed E-state index contributed by atoms with van der Waals surface area (Å²) in [4.78, 5) is 10.6. The summed E-state index contributed by atoms with van der Waals surface area (Å²) in [6.07, 6.45) is 3.24. The minimum absolute atomic E-state index is 0.303. The molecule has 1 radical (unpaired) electrons. The fraction of sp³-hybridized carbons (Fsp3) is 0. The highest BCUT2D eigenvalue weighted by Crippen LogP contribution is 2.10. The quantitative estimate of drug-likeness (QED) is 0.737. The number of carboxylic acids is 1. The maximum Gasteiger partial charge on any atom is 0.335 e. The molecule has 0 aliphatic carbocycles. The molecule has 2 nitrogen and oxygen atoms in total. The predicted molar refractivity (Wildman–Crippen MR) is 47.0 cm³/mol. The van der Waals surface area contributed by atoms with E-state index in [1.165, 1.54) is 0 Å². The Hall–Kier alpha value is -1.57. The zero-order chi connectivity index (χ0) is 8.97. The van der Waals surface area contributed by atoms with E-state index in [4.69, 9.17) is 5.11 Å². The minimum atomic E-state index is -0.913. The summed E-state index contributed by atoms with van der Waals surface area (Å²) in [5.74, 6) is -0.913. The number of allylic oxidation sites excluding steroid dienone is 1. The van der Waals surface area contributed by atoms with E-state index >= 15 is 0 Å². The molecule has 1 aromatic rings. The monoisotopic (exact) mass is 161 g/mol. The fourth-order valence-corrected chi connectivity index (χ4v) is 0.964. The zero-order valence-corrected chi connectivity index (χ0v) is 6.53. The summed E-state index contributed by atoms with van der Waals surface area (Å²) < 4.78 is 0. The van der Waals surface area contributed by atoms with E-state index in [-0.39, 0.29) is 0 Å². The van der Waals surface area contributed by atoms with Crippen molar-refractivity contribution in [1.29, 1.82) is 0 Å². The van der Waals surface area contributed by atoms with Crippen LogP contribution in [-0.2, 0) is 0 Å². The van der Waals surface area contributed by atoms with Crippen LogP contribution < -0.4 is 0 Å². The summed E-state index contributed by atoms with van der Waals surface area (Å²) in [6, 6.07) is 6.80.